The van der Waals surface area contributed by atoms with E-state index in [4.69, 9.17) is 11.6 Å². The predicted molar refractivity (Wildman–Crippen MR) is 83.3 cm³/mol. The van der Waals surface area contributed by atoms with Crippen LogP contribution in [0.4, 0.5) is 5.69 Å². The molecule has 1 heterocycles. The number of aliphatic hydroxyl groups is 1. The van der Waals surface area contributed by atoms with Gasteiger partial charge in [-0.05, 0) is 42.9 Å². The molecule has 2 fully saturated rings. The minimum absolute atomic E-state index is 0.163. The second-order valence-electron chi connectivity index (χ2n) is 6.21. The van der Waals surface area contributed by atoms with E-state index < -0.39 is 0 Å². The van der Waals surface area contributed by atoms with Crippen molar-refractivity contribution in [1.29, 1.82) is 0 Å². The van der Waals surface area contributed by atoms with Gasteiger partial charge in [0.1, 0.15) is 0 Å². The Morgan fingerprint density at radius 1 is 1.35 bits per heavy atom. The SMILES string of the molecule is CC1CN(c2ccc(CNC3CC3)c(Cl)c2)CCC1O. The van der Waals surface area contributed by atoms with Gasteiger partial charge in [0.2, 0.25) is 0 Å². The van der Waals surface area contributed by atoms with Crippen molar-refractivity contribution in [2.45, 2.75) is 44.9 Å². The Labute approximate surface area is 125 Å². The number of nitrogens with one attached hydrogen (secondary N) is 1. The lowest BCUT2D eigenvalue weighted by atomic mass is 9.96. The lowest BCUT2D eigenvalue weighted by molar-refractivity contribution is 0.0971. The van der Waals surface area contributed by atoms with E-state index in [1.165, 1.54) is 24.1 Å². The largest absolute Gasteiger partial charge is 0.393 e. The van der Waals surface area contributed by atoms with Crippen LogP contribution >= 0.6 is 11.6 Å². The minimum atomic E-state index is -0.163. The maximum atomic E-state index is 9.81. The molecule has 1 aliphatic heterocycles. The second-order valence-corrected chi connectivity index (χ2v) is 6.62. The topological polar surface area (TPSA) is 35.5 Å². The van der Waals surface area contributed by atoms with Gasteiger partial charge in [0, 0.05) is 36.4 Å². The molecule has 110 valence electrons. The standard InChI is InChI=1S/C16H23ClN2O/c1-11-10-19(7-6-16(11)20)14-5-2-12(15(17)8-14)9-18-13-3-4-13/h2,5,8,11,13,16,18,20H,3-4,6-7,9-10H2,1H3. The summed E-state index contributed by atoms with van der Waals surface area (Å²) in [6.07, 6.45) is 3.26. The third kappa shape index (κ3) is 3.27. The lowest BCUT2D eigenvalue weighted by Crippen LogP contribution is -2.41. The first-order valence-corrected chi connectivity index (χ1v) is 7.96. The maximum absolute atomic E-state index is 9.81. The van der Waals surface area contributed by atoms with E-state index in [0.717, 1.165) is 31.1 Å². The van der Waals surface area contributed by atoms with Crippen LogP contribution in [-0.4, -0.2) is 30.3 Å². The van der Waals surface area contributed by atoms with Crippen molar-refractivity contribution >= 4 is 17.3 Å². The van der Waals surface area contributed by atoms with Gasteiger partial charge in [0.05, 0.1) is 6.10 Å². The zero-order valence-corrected chi connectivity index (χ0v) is 12.7. The molecule has 1 aromatic rings. The number of halogens is 1. The molecule has 2 N–H and O–H groups in total. The van der Waals surface area contributed by atoms with E-state index in [-0.39, 0.29) is 6.10 Å². The van der Waals surface area contributed by atoms with Crippen molar-refractivity contribution in [3.63, 3.8) is 0 Å². The first kappa shape index (κ1) is 14.2. The van der Waals surface area contributed by atoms with Crippen LogP contribution in [0.15, 0.2) is 18.2 Å². The molecule has 0 bridgehead atoms. The zero-order valence-electron chi connectivity index (χ0n) is 12.0. The van der Waals surface area contributed by atoms with Crippen molar-refractivity contribution < 1.29 is 5.11 Å². The third-order valence-corrected chi connectivity index (χ3v) is 4.77. The van der Waals surface area contributed by atoms with Crippen LogP contribution < -0.4 is 10.2 Å². The Hall–Kier alpha value is -0.770. The molecule has 1 aromatic carbocycles. The molecule has 0 spiro atoms. The quantitative estimate of drug-likeness (QED) is 0.896. The summed E-state index contributed by atoms with van der Waals surface area (Å²) in [6, 6.07) is 7.05. The number of benzene rings is 1. The summed E-state index contributed by atoms with van der Waals surface area (Å²) in [7, 11) is 0. The average Bonchev–Trinajstić information content (AvgIpc) is 3.24. The monoisotopic (exact) mass is 294 g/mol. The first-order chi connectivity index (χ1) is 9.63. The average molecular weight is 295 g/mol. The summed E-state index contributed by atoms with van der Waals surface area (Å²) in [5.41, 5.74) is 2.34. The van der Waals surface area contributed by atoms with E-state index in [0.29, 0.717) is 12.0 Å². The van der Waals surface area contributed by atoms with E-state index in [9.17, 15) is 5.11 Å². The predicted octanol–water partition coefficient (Wildman–Crippen LogP) is 2.80. The normalized spacial score (nSPS) is 26.9. The number of hydrogen-bond donors (Lipinski definition) is 2. The molecule has 1 saturated heterocycles. The number of rotatable bonds is 4. The third-order valence-electron chi connectivity index (χ3n) is 4.42. The lowest BCUT2D eigenvalue weighted by Gasteiger charge is -2.36. The van der Waals surface area contributed by atoms with Gasteiger partial charge < -0.3 is 15.3 Å². The van der Waals surface area contributed by atoms with Gasteiger partial charge in [0.25, 0.3) is 0 Å². The Morgan fingerprint density at radius 3 is 2.80 bits per heavy atom. The molecule has 2 aliphatic rings. The Balaban J connectivity index is 1.66. The fourth-order valence-corrected chi connectivity index (χ4v) is 3.03. The van der Waals surface area contributed by atoms with E-state index in [1.54, 1.807) is 0 Å². The molecule has 2 atom stereocenters. The molecule has 4 heteroatoms. The van der Waals surface area contributed by atoms with Crippen molar-refractivity contribution in [2.75, 3.05) is 18.0 Å². The minimum Gasteiger partial charge on any atom is -0.393 e. The number of piperidine rings is 1. The second kappa shape index (κ2) is 5.92. The summed E-state index contributed by atoms with van der Waals surface area (Å²) in [6.45, 7) is 4.77. The molecule has 0 amide bonds. The summed E-state index contributed by atoms with van der Waals surface area (Å²) < 4.78 is 0. The fourth-order valence-electron chi connectivity index (χ4n) is 2.79. The Bertz CT molecular complexity index is 476. The highest BCUT2D eigenvalue weighted by molar-refractivity contribution is 6.31. The summed E-state index contributed by atoms with van der Waals surface area (Å²) in [4.78, 5) is 2.32. The fraction of sp³-hybridized carbons (Fsp3) is 0.625. The highest BCUT2D eigenvalue weighted by atomic mass is 35.5. The van der Waals surface area contributed by atoms with Gasteiger partial charge in [-0.2, -0.15) is 0 Å². The number of aliphatic hydroxyl groups excluding tert-OH is 1. The van der Waals surface area contributed by atoms with Crippen molar-refractivity contribution in [1.82, 2.24) is 5.32 Å². The highest BCUT2D eigenvalue weighted by Gasteiger charge is 2.25. The molecule has 0 aromatic heterocycles. The van der Waals surface area contributed by atoms with Gasteiger partial charge in [-0.3, -0.25) is 0 Å². The molecule has 2 unspecified atom stereocenters. The molecular weight excluding hydrogens is 272 g/mol. The van der Waals surface area contributed by atoms with Crippen LogP contribution in [0.2, 0.25) is 5.02 Å². The van der Waals surface area contributed by atoms with Gasteiger partial charge >= 0.3 is 0 Å². The van der Waals surface area contributed by atoms with E-state index >= 15 is 0 Å². The van der Waals surface area contributed by atoms with Gasteiger partial charge in [0.15, 0.2) is 0 Å². The van der Waals surface area contributed by atoms with Crippen molar-refractivity contribution in [3.8, 4) is 0 Å². The van der Waals surface area contributed by atoms with Crippen LogP contribution in [0, 0.1) is 5.92 Å². The molecular formula is C16H23ClN2O. The zero-order chi connectivity index (χ0) is 14.1. The number of nitrogens with zero attached hydrogens (tertiary/aromatic N) is 1. The van der Waals surface area contributed by atoms with E-state index in [1.807, 2.05) is 0 Å². The van der Waals surface area contributed by atoms with Crippen LogP contribution in [-0.2, 0) is 6.54 Å². The van der Waals surface area contributed by atoms with Gasteiger partial charge in [-0.1, -0.05) is 24.6 Å². The highest BCUT2D eigenvalue weighted by Crippen LogP contribution is 2.28. The Morgan fingerprint density at radius 2 is 2.15 bits per heavy atom. The van der Waals surface area contributed by atoms with Gasteiger partial charge in [-0.25, -0.2) is 0 Å². The Kier molecular flexibility index (Phi) is 4.20. The molecule has 20 heavy (non-hydrogen) atoms. The smallest absolute Gasteiger partial charge is 0.0599 e. The molecule has 1 saturated carbocycles. The summed E-state index contributed by atoms with van der Waals surface area (Å²) in [5.74, 6) is 0.318. The molecule has 3 rings (SSSR count). The van der Waals surface area contributed by atoms with Crippen LogP contribution in [0.3, 0.4) is 0 Å². The van der Waals surface area contributed by atoms with Crippen LogP contribution in [0.5, 0.6) is 0 Å². The van der Waals surface area contributed by atoms with Gasteiger partial charge in [-0.15, -0.1) is 0 Å². The number of anilines is 1. The van der Waals surface area contributed by atoms with Crippen molar-refractivity contribution in [2.24, 2.45) is 5.92 Å². The van der Waals surface area contributed by atoms with Crippen LogP contribution in [0.1, 0.15) is 31.7 Å². The maximum Gasteiger partial charge on any atom is 0.0599 e. The summed E-state index contributed by atoms with van der Waals surface area (Å²) in [5, 5.41) is 14.1. The molecule has 0 radical (unpaired) electrons. The molecule has 1 aliphatic carbocycles. The summed E-state index contributed by atoms with van der Waals surface area (Å²) >= 11 is 6.40. The number of hydrogen-bond acceptors (Lipinski definition) is 3. The first-order valence-electron chi connectivity index (χ1n) is 7.58. The molecule has 3 nitrogen and oxygen atoms in total. The van der Waals surface area contributed by atoms with Crippen LogP contribution in [0.25, 0.3) is 0 Å². The van der Waals surface area contributed by atoms with E-state index in [2.05, 4.69) is 35.3 Å². The van der Waals surface area contributed by atoms with Crippen molar-refractivity contribution in [3.05, 3.63) is 28.8 Å².